The second-order valence-corrected chi connectivity index (χ2v) is 20.5. The average Bonchev–Trinajstić information content (AvgIpc) is 2.30. The van der Waals surface area contributed by atoms with Gasteiger partial charge in [-0.1, -0.05) is 0 Å². The first kappa shape index (κ1) is 13.4. The number of hydrogen-bond donors (Lipinski definition) is 1. The number of nitrogens with one attached hydrogen (secondary N) is 1. The molecule has 1 saturated heterocycles. The molecule has 0 spiro atoms. The van der Waals surface area contributed by atoms with Gasteiger partial charge in [0.15, 0.2) is 0 Å². The van der Waals surface area contributed by atoms with Gasteiger partial charge in [-0.25, -0.2) is 0 Å². The number of rotatable bonds is 3. The maximum atomic E-state index is 3.40. The molecule has 1 aromatic rings. The molecule has 0 unspecified atom stereocenters. The van der Waals surface area contributed by atoms with Crippen molar-refractivity contribution in [3.05, 3.63) is 29.8 Å². The molecule has 0 saturated carbocycles. The van der Waals surface area contributed by atoms with Crippen molar-refractivity contribution in [1.29, 1.82) is 0 Å². The van der Waals surface area contributed by atoms with E-state index in [4.69, 9.17) is 0 Å². The van der Waals surface area contributed by atoms with E-state index < -0.39 is 18.4 Å². The van der Waals surface area contributed by atoms with Crippen LogP contribution in [0.5, 0.6) is 0 Å². The molecule has 3 heteroatoms. The van der Waals surface area contributed by atoms with Gasteiger partial charge in [0.25, 0.3) is 0 Å². The number of benzene rings is 1. The van der Waals surface area contributed by atoms with E-state index in [1.54, 1.807) is 3.58 Å². The monoisotopic (exact) mass is 340 g/mol. The SMILES string of the molecule is [CH3][Sn]([CH3])([CH3])[c]1ccc(CN2CCNCC2)cc1. The summed E-state index contributed by atoms with van der Waals surface area (Å²) in [5, 5.41) is 3.40. The summed E-state index contributed by atoms with van der Waals surface area (Å²) < 4.78 is 1.63. The van der Waals surface area contributed by atoms with Gasteiger partial charge in [0.05, 0.1) is 0 Å². The molecule has 0 aromatic heterocycles. The van der Waals surface area contributed by atoms with Crippen molar-refractivity contribution in [3.63, 3.8) is 0 Å². The van der Waals surface area contributed by atoms with Crippen LogP contribution in [0.2, 0.25) is 14.8 Å². The fourth-order valence-electron chi connectivity index (χ4n) is 2.24. The van der Waals surface area contributed by atoms with E-state index in [0.29, 0.717) is 0 Å². The predicted octanol–water partition coefficient (Wildman–Crippen LogP) is 1.64. The van der Waals surface area contributed by atoms with E-state index >= 15 is 0 Å². The fourth-order valence-corrected chi connectivity index (χ4v) is 5.57. The van der Waals surface area contributed by atoms with Crippen molar-refractivity contribution in [2.75, 3.05) is 26.2 Å². The molecule has 94 valence electrons. The van der Waals surface area contributed by atoms with Crippen LogP contribution in [0.15, 0.2) is 24.3 Å². The van der Waals surface area contributed by atoms with Crippen molar-refractivity contribution in [2.24, 2.45) is 0 Å². The summed E-state index contributed by atoms with van der Waals surface area (Å²) in [5.41, 5.74) is 1.46. The van der Waals surface area contributed by atoms with E-state index in [-0.39, 0.29) is 0 Å². The second-order valence-electron chi connectivity index (χ2n) is 5.97. The molecule has 2 nitrogen and oxygen atoms in total. The third-order valence-electron chi connectivity index (χ3n) is 3.44. The van der Waals surface area contributed by atoms with Crippen molar-refractivity contribution < 1.29 is 0 Å². The molecule has 0 amide bonds. The van der Waals surface area contributed by atoms with Crippen LogP contribution < -0.4 is 8.90 Å². The molecule has 1 fully saturated rings. The van der Waals surface area contributed by atoms with E-state index in [1.165, 1.54) is 18.7 Å². The standard InChI is InChI=1S/C11H15N2.3CH3.Sn/c1-2-4-11(5-3-1)10-13-8-6-12-7-9-13;;;;/h2-5,12H,6-10H2;3*1H3;. The molecule has 17 heavy (non-hydrogen) atoms. The first-order valence-corrected chi connectivity index (χ1v) is 16.6. The Kier molecular flexibility index (Phi) is 4.50. The van der Waals surface area contributed by atoms with Gasteiger partial charge in [-0.05, 0) is 0 Å². The molecule has 1 N–H and O–H groups in total. The van der Waals surface area contributed by atoms with Gasteiger partial charge in [-0.2, -0.15) is 0 Å². The van der Waals surface area contributed by atoms with Gasteiger partial charge < -0.3 is 0 Å². The average molecular weight is 339 g/mol. The van der Waals surface area contributed by atoms with Gasteiger partial charge >= 0.3 is 110 Å². The first-order valence-electron chi connectivity index (χ1n) is 6.58. The fraction of sp³-hybridized carbons (Fsp3) is 0.571. The van der Waals surface area contributed by atoms with Crippen LogP contribution in [0.1, 0.15) is 5.56 Å². The normalized spacial score (nSPS) is 18.3. The summed E-state index contributed by atoms with van der Waals surface area (Å²) in [6, 6.07) is 9.40. The molecule has 0 bridgehead atoms. The number of piperazine rings is 1. The van der Waals surface area contributed by atoms with Crippen LogP contribution in [0.3, 0.4) is 0 Å². The molecule has 1 heterocycles. The van der Waals surface area contributed by atoms with E-state index in [0.717, 1.165) is 19.6 Å². The Bertz CT molecular complexity index is 347. The molecular weight excluding hydrogens is 315 g/mol. The van der Waals surface area contributed by atoms with Gasteiger partial charge in [0.1, 0.15) is 0 Å². The zero-order valence-corrected chi connectivity index (χ0v) is 14.1. The Morgan fingerprint density at radius 3 is 2.18 bits per heavy atom. The molecule has 2 rings (SSSR count). The first-order chi connectivity index (χ1) is 8.05. The molecule has 1 aliphatic rings. The topological polar surface area (TPSA) is 15.3 Å². The van der Waals surface area contributed by atoms with Gasteiger partial charge in [0, 0.05) is 0 Å². The molecule has 0 atom stereocenters. The summed E-state index contributed by atoms with van der Waals surface area (Å²) in [5.74, 6) is 0. The Labute approximate surface area is 109 Å². The Morgan fingerprint density at radius 2 is 1.65 bits per heavy atom. The van der Waals surface area contributed by atoms with Crippen LogP contribution in [-0.4, -0.2) is 49.5 Å². The summed E-state index contributed by atoms with van der Waals surface area (Å²) in [4.78, 5) is 9.95. The van der Waals surface area contributed by atoms with Crippen LogP contribution >= 0.6 is 0 Å². The van der Waals surface area contributed by atoms with E-state index in [9.17, 15) is 0 Å². The van der Waals surface area contributed by atoms with Crippen LogP contribution in [0.25, 0.3) is 0 Å². The summed E-state index contributed by atoms with van der Waals surface area (Å²) in [7, 11) is 0. The van der Waals surface area contributed by atoms with Crippen molar-refractivity contribution in [3.8, 4) is 0 Å². The maximum absolute atomic E-state index is 3.40. The predicted molar refractivity (Wildman–Crippen MR) is 77.6 cm³/mol. The number of hydrogen-bond acceptors (Lipinski definition) is 2. The third kappa shape index (κ3) is 3.97. The molecule has 0 aliphatic carbocycles. The Balaban J connectivity index is 1.98. The second kappa shape index (κ2) is 5.72. The molecule has 1 aliphatic heterocycles. The third-order valence-corrected chi connectivity index (χ3v) is 9.33. The summed E-state index contributed by atoms with van der Waals surface area (Å²) >= 11 is -1.84. The van der Waals surface area contributed by atoms with Gasteiger partial charge in [-0.15, -0.1) is 0 Å². The Hall–Kier alpha value is -0.0613. The van der Waals surface area contributed by atoms with Crippen LogP contribution in [0, 0.1) is 0 Å². The van der Waals surface area contributed by atoms with Crippen LogP contribution in [0.4, 0.5) is 0 Å². The molecular formula is C14H24N2Sn. The number of nitrogens with zero attached hydrogens (tertiary/aromatic N) is 1. The molecule has 1 aromatic carbocycles. The van der Waals surface area contributed by atoms with Gasteiger partial charge in [0.2, 0.25) is 0 Å². The minimum atomic E-state index is -1.84. The summed E-state index contributed by atoms with van der Waals surface area (Å²) in [6.45, 7) is 5.75. The Morgan fingerprint density at radius 1 is 1.06 bits per heavy atom. The van der Waals surface area contributed by atoms with Crippen molar-refractivity contribution in [1.82, 2.24) is 10.2 Å². The zero-order chi connectivity index (χ0) is 12.3. The van der Waals surface area contributed by atoms with E-state index in [1.807, 2.05) is 0 Å². The molecule has 0 radical (unpaired) electrons. The zero-order valence-electron chi connectivity index (χ0n) is 11.3. The minimum absolute atomic E-state index is 1.11. The van der Waals surface area contributed by atoms with Crippen molar-refractivity contribution in [2.45, 2.75) is 21.4 Å². The van der Waals surface area contributed by atoms with Crippen molar-refractivity contribution >= 4 is 22.0 Å². The van der Waals surface area contributed by atoms with Gasteiger partial charge in [-0.3, -0.25) is 0 Å². The van der Waals surface area contributed by atoms with Crippen LogP contribution in [-0.2, 0) is 6.54 Å². The summed E-state index contributed by atoms with van der Waals surface area (Å²) in [6.07, 6.45) is 0. The van der Waals surface area contributed by atoms with E-state index in [2.05, 4.69) is 49.3 Å². The quantitative estimate of drug-likeness (QED) is 0.843.